The summed E-state index contributed by atoms with van der Waals surface area (Å²) in [6, 6.07) is 10.6. The Morgan fingerprint density at radius 1 is 0.839 bits per heavy atom. The van der Waals surface area contributed by atoms with Crippen molar-refractivity contribution in [2.24, 2.45) is 0 Å². The van der Waals surface area contributed by atoms with Gasteiger partial charge in [0.1, 0.15) is 0 Å². The van der Waals surface area contributed by atoms with E-state index in [-0.39, 0.29) is 0 Å². The summed E-state index contributed by atoms with van der Waals surface area (Å²) in [6.45, 7) is 7.77. The third-order valence-corrected chi connectivity index (χ3v) is 10.6. The van der Waals surface area contributed by atoms with E-state index >= 15 is 0 Å². The molecule has 0 amide bonds. The highest BCUT2D eigenvalue weighted by molar-refractivity contribution is 6.66. The molecule has 180 valence electrons. The predicted molar refractivity (Wildman–Crippen MR) is 131 cm³/mol. The Labute approximate surface area is 191 Å². The lowest BCUT2D eigenvalue weighted by molar-refractivity contribution is 0.127. The van der Waals surface area contributed by atoms with Crippen LogP contribution in [-0.2, 0) is 22.1 Å². The van der Waals surface area contributed by atoms with Crippen LogP contribution in [-0.4, -0.2) is 70.3 Å². The van der Waals surface area contributed by atoms with Crippen molar-refractivity contribution in [2.45, 2.75) is 58.5 Å². The fraction of sp³-hybridized carbons (Fsp3) is 0.727. The molecule has 1 aromatic carbocycles. The summed E-state index contributed by atoms with van der Waals surface area (Å²) in [5.74, 6) is 0. The van der Waals surface area contributed by atoms with E-state index in [0.717, 1.165) is 25.1 Å². The van der Waals surface area contributed by atoms with Gasteiger partial charge in [-0.1, -0.05) is 37.5 Å². The van der Waals surface area contributed by atoms with Gasteiger partial charge in [0.25, 0.3) is 0 Å². The molecule has 1 fully saturated rings. The van der Waals surface area contributed by atoms with Crippen LogP contribution >= 0.6 is 0 Å². The molecule has 0 bridgehead atoms. The summed E-state index contributed by atoms with van der Waals surface area (Å²) in [4.78, 5) is 0. The number of rotatable bonds is 13. The van der Waals surface area contributed by atoms with Gasteiger partial charge in [0.2, 0.25) is 0 Å². The first-order valence-corrected chi connectivity index (χ1v) is 15.9. The van der Waals surface area contributed by atoms with Crippen molar-refractivity contribution in [1.29, 1.82) is 0 Å². The highest BCUT2D eigenvalue weighted by Crippen LogP contribution is 2.18. The van der Waals surface area contributed by atoms with Crippen LogP contribution in [0.5, 0.6) is 0 Å². The van der Waals surface area contributed by atoms with Crippen molar-refractivity contribution in [2.75, 3.05) is 52.2 Å². The van der Waals surface area contributed by atoms with E-state index < -0.39 is 17.4 Å². The molecule has 1 aromatic rings. The summed E-state index contributed by atoms with van der Waals surface area (Å²) in [5.41, 5.74) is 1.03. The lowest BCUT2D eigenvalue weighted by Crippen LogP contribution is -2.51. The van der Waals surface area contributed by atoms with Gasteiger partial charge in [-0.3, -0.25) is 0 Å². The Bertz CT molecular complexity index is 544. The van der Waals surface area contributed by atoms with Crippen LogP contribution < -0.4 is 10.6 Å². The molecule has 0 aromatic heterocycles. The minimum absolute atomic E-state index is 0.556. The molecule has 2 rings (SSSR count). The zero-order chi connectivity index (χ0) is 23.0. The Hall–Kier alpha value is -0.786. The summed E-state index contributed by atoms with van der Waals surface area (Å²) < 4.78 is 27.5. The molecular formula is C22H44N2O5Si2. The topological polar surface area (TPSA) is 70.2 Å². The average Bonchev–Trinajstić information content (AvgIpc) is 2.81. The normalized spacial score (nSPS) is 15.3. The second-order valence-corrected chi connectivity index (χ2v) is 13.9. The van der Waals surface area contributed by atoms with Crippen LogP contribution in [0.2, 0.25) is 6.55 Å². The molecule has 0 atom stereocenters. The molecule has 0 aliphatic heterocycles. The highest BCUT2D eigenvalue weighted by atomic mass is 28.4. The lowest BCUT2D eigenvalue weighted by Gasteiger charge is -2.30. The summed E-state index contributed by atoms with van der Waals surface area (Å²) in [7, 11) is 0.353. The van der Waals surface area contributed by atoms with Crippen LogP contribution in [0.25, 0.3) is 0 Å². The van der Waals surface area contributed by atoms with Gasteiger partial charge in [0.05, 0.1) is 6.17 Å². The Morgan fingerprint density at radius 3 is 1.87 bits per heavy atom. The van der Waals surface area contributed by atoms with Crippen molar-refractivity contribution < 1.29 is 22.1 Å². The summed E-state index contributed by atoms with van der Waals surface area (Å²) in [5, 5.41) is 6.87. The van der Waals surface area contributed by atoms with Gasteiger partial charge < -0.3 is 32.8 Å². The molecule has 0 heterocycles. The van der Waals surface area contributed by atoms with E-state index in [2.05, 4.69) is 17.2 Å². The SMILES string of the molecule is CCO[Si](C)(CNC1CCCCC1)OCC.CO[Si](CNc1ccccc1)(OC)OC. The molecule has 0 unspecified atom stereocenters. The maximum Gasteiger partial charge on any atom is 0.520 e. The largest absolute Gasteiger partial charge is 0.520 e. The molecule has 1 aliphatic rings. The number of para-hydroxylation sites is 1. The summed E-state index contributed by atoms with van der Waals surface area (Å²) in [6.07, 6.45) is 8.29. The van der Waals surface area contributed by atoms with E-state index in [0.29, 0.717) is 12.2 Å². The van der Waals surface area contributed by atoms with Crippen LogP contribution in [0.1, 0.15) is 46.0 Å². The quantitative estimate of drug-likeness (QED) is 0.419. The van der Waals surface area contributed by atoms with Crippen LogP contribution in [0, 0.1) is 0 Å². The zero-order valence-electron chi connectivity index (χ0n) is 20.4. The smallest absolute Gasteiger partial charge is 0.394 e. The van der Waals surface area contributed by atoms with E-state index in [1.165, 1.54) is 32.1 Å². The minimum atomic E-state index is -2.51. The van der Waals surface area contributed by atoms with Crippen molar-refractivity contribution in [3.05, 3.63) is 30.3 Å². The second-order valence-electron chi connectivity index (χ2n) is 7.73. The Kier molecular flexibility index (Phi) is 14.5. The Balaban J connectivity index is 0.000000311. The maximum absolute atomic E-state index is 5.82. The maximum atomic E-state index is 5.82. The third kappa shape index (κ3) is 11.1. The molecule has 2 N–H and O–H groups in total. The lowest BCUT2D eigenvalue weighted by atomic mass is 9.96. The standard InChI is InChI=1S/C12H27NO2Si.C10H17NO3Si/c1-4-14-16(3,15-5-2)11-13-12-9-7-6-8-10-12;1-12-15(13-2,14-3)9-11-10-7-5-4-6-8-10/h12-13H,4-11H2,1-3H3;4-8,11H,9H2,1-3H3. The molecule has 0 radical (unpaired) electrons. The van der Waals surface area contributed by atoms with Gasteiger partial charge in [-0.2, -0.15) is 0 Å². The van der Waals surface area contributed by atoms with E-state index in [1.807, 2.05) is 44.2 Å². The fourth-order valence-electron chi connectivity index (χ4n) is 3.62. The first-order chi connectivity index (χ1) is 15.0. The van der Waals surface area contributed by atoms with Gasteiger partial charge in [0, 0.05) is 52.4 Å². The second kappa shape index (κ2) is 15.9. The Morgan fingerprint density at radius 2 is 1.39 bits per heavy atom. The first-order valence-electron chi connectivity index (χ1n) is 11.4. The first kappa shape index (κ1) is 28.2. The number of hydrogen-bond donors (Lipinski definition) is 2. The molecule has 9 heteroatoms. The van der Waals surface area contributed by atoms with Crippen molar-refractivity contribution in [1.82, 2.24) is 5.32 Å². The van der Waals surface area contributed by atoms with E-state index in [4.69, 9.17) is 22.1 Å². The van der Waals surface area contributed by atoms with Crippen molar-refractivity contribution >= 4 is 23.1 Å². The molecule has 1 saturated carbocycles. The molecular weight excluding hydrogens is 428 g/mol. The third-order valence-electron chi connectivity index (χ3n) is 5.43. The number of nitrogens with one attached hydrogen (secondary N) is 2. The molecule has 31 heavy (non-hydrogen) atoms. The van der Waals surface area contributed by atoms with Gasteiger partial charge in [-0.05, 0) is 45.4 Å². The van der Waals surface area contributed by atoms with Crippen LogP contribution in [0.15, 0.2) is 30.3 Å². The highest BCUT2D eigenvalue weighted by Gasteiger charge is 2.37. The average molecular weight is 473 g/mol. The van der Waals surface area contributed by atoms with Gasteiger partial charge in [-0.25, -0.2) is 0 Å². The number of benzene rings is 1. The minimum Gasteiger partial charge on any atom is -0.394 e. The summed E-state index contributed by atoms with van der Waals surface area (Å²) >= 11 is 0. The van der Waals surface area contributed by atoms with Crippen LogP contribution in [0.3, 0.4) is 0 Å². The predicted octanol–water partition coefficient (Wildman–Crippen LogP) is 4.11. The van der Waals surface area contributed by atoms with Crippen molar-refractivity contribution in [3.8, 4) is 0 Å². The monoisotopic (exact) mass is 472 g/mol. The molecule has 7 nitrogen and oxygen atoms in total. The van der Waals surface area contributed by atoms with E-state index in [1.54, 1.807) is 21.3 Å². The van der Waals surface area contributed by atoms with Gasteiger partial charge in [-0.15, -0.1) is 0 Å². The van der Waals surface area contributed by atoms with Gasteiger partial charge in [0.15, 0.2) is 0 Å². The van der Waals surface area contributed by atoms with Crippen LogP contribution in [0.4, 0.5) is 5.69 Å². The zero-order valence-corrected chi connectivity index (χ0v) is 22.4. The molecule has 0 spiro atoms. The molecule has 0 saturated heterocycles. The van der Waals surface area contributed by atoms with E-state index in [9.17, 15) is 0 Å². The molecule has 1 aliphatic carbocycles. The fourth-order valence-corrected chi connectivity index (χ4v) is 7.15. The van der Waals surface area contributed by atoms with Crippen molar-refractivity contribution in [3.63, 3.8) is 0 Å². The number of anilines is 1. The van der Waals surface area contributed by atoms with Gasteiger partial charge >= 0.3 is 17.4 Å². The number of hydrogen-bond acceptors (Lipinski definition) is 7.